The van der Waals surface area contributed by atoms with Gasteiger partial charge in [-0.3, -0.25) is 4.79 Å². The Morgan fingerprint density at radius 1 is 1.25 bits per heavy atom. The van der Waals surface area contributed by atoms with Crippen LogP contribution < -0.4 is 9.47 Å². The second-order valence-electron chi connectivity index (χ2n) is 5.59. The second kappa shape index (κ2) is 7.81. The average molecular weight is 333 g/mol. The van der Waals surface area contributed by atoms with Crippen molar-refractivity contribution in [2.24, 2.45) is 5.92 Å². The maximum Gasteiger partial charge on any atom is 0.246 e. The largest absolute Gasteiger partial charge is 0.493 e. The van der Waals surface area contributed by atoms with Crippen LogP contribution in [-0.2, 0) is 11.3 Å². The summed E-state index contributed by atoms with van der Waals surface area (Å²) in [6, 6.07) is 5.39. The molecule has 0 aliphatic heterocycles. The molecule has 130 valence electrons. The normalized spacial score (nSPS) is 10.8. The third kappa shape index (κ3) is 3.84. The van der Waals surface area contributed by atoms with Crippen LogP contribution in [0.25, 0.3) is 11.4 Å². The van der Waals surface area contributed by atoms with E-state index in [-0.39, 0.29) is 11.8 Å². The van der Waals surface area contributed by atoms with E-state index in [1.807, 2.05) is 26.8 Å². The highest BCUT2D eigenvalue weighted by atomic mass is 16.5. The van der Waals surface area contributed by atoms with Crippen molar-refractivity contribution in [1.82, 2.24) is 15.0 Å². The minimum Gasteiger partial charge on any atom is -0.493 e. The molecule has 0 saturated heterocycles. The molecule has 1 aromatic heterocycles. The van der Waals surface area contributed by atoms with Crippen LogP contribution in [-0.4, -0.2) is 41.7 Å². The Kier molecular flexibility index (Phi) is 5.78. The van der Waals surface area contributed by atoms with E-state index in [9.17, 15) is 4.79 Å². The van der Waals surface area contributed by atoms with Gasteiger partial charge in [-0.1, -0.05) is 19.0 Å². The Hall–Kier alpha value is -2.57. The van der Waals surface area contributed by atoms with E-state index in [0.29, 0.717) is 36.3 Å². The first-order valence-corrected chi connectivity index (χ1v) is 7.83. The Labute approximate surface area is 141 Å². The van der Waals surface area contributed by atoms with Gasteiger partial charge in [0.25, 0.3) is 0 Å². The summed E-state index contributed by atoms with van der Waals surface area (Å²) in [7, 11) is 3.15. The van der Waals surface area contributed by atoms with Gasteiger partial charge in [-0.2, -0.15) is 4.98 Å². The number of nitrogens with zero attached hydrogens (tertiary/aromatic N) is 3. The van der Waals surface area contributed by atoms with Crippen LogP contribution in [0.15, 0.2) is 22.7 Å². The molecule has 7 heteroatoms. The molecule has 0 radical (unpaired) electrons. The molecule has 0 atom stereocenters. The number of hydrogen-bond acceptors (Lipinski definition) is 6. The van der Waals surface area contributed by atoms with Crippen molar-refractivity contribution in [1.29, 1.82) is 0 Å². The number of benzene rings is 1. The van der Waals surface area contributed by atoms with Crippen LogP contribution in [0.3, 0.4) is 0 Å². The molecule has 2 aromatic rings. The molecule has 0 N–H and O–H groups in total. The Balaban J connectivity index is 2.20. The number of rotatable bonds is 7. The summed E-state index contributed by atoms with van der Waals surface area (Å²) in [5.74, 6) is 2.05. The van der Waals surface area contributed by atoms with Crippen molar-refractivity contribution in [3.8, 4) is 22.9 Å². The van der Waals surface area contributed by atoms with Crippen molar-refractivity contribution in [3.05, 3.63) is 24.1 Å². The maximum absolute atomic E-state index is 12.1. The monoisotopic (exact) mass is 333 g/mol. The summed E-state index contributed by atoms with van der Waals surface area (Å²) in [6.07, 6.45) is 0. The Morgan fingerprint density at radius 2 is 1.96 bits per heavy atom. The van der Waals surface area contributed by atoms with Crippen molar-refractivity contribution in [2.75, 3.05) is 20.8 Å². The molecule has 2 rings (SSSR count). The van der Waals surface area contributed by atoms with Gasteiger partial charge in [-0.25, -0.2) is 0 Å². The third-order valence-electron chi connectivity index (χ3n) is 3.62. The van der Waals surface area contributed by atoms with Crippen LogP contribution in [0.1, 0.15) is 26.7 Å². The van der Waals surface area contributed by atoms with E-state index < -0.39 is 0 Å². The molecule has 0 aliphatic carbocycles. The lowest BCUT2D eigenvalue weighted by Gasteiger charge is -2.20. The second-order valence-corrected chi connectivity index (χ2v) is 5.59. The van der Waals surface area contributed by atoms with E-state index in [4.69, 9.17) is 14.0 Å². The molecule has 0 bridgehead atoms. The average Bonchev–Trinajstić information content (AvgIpc) is 3.06. The first-order chi connectivity index (χ1) is 11.5. The molecule has 0 unspecified atom stereocenters. The smallest absolute Gasteiger partial charge is 0.246 e. The third-order valence-corrected chi connectivity index (χ3v) is 3.62. The zero-order valence-electron chi connectivity index (χ0n) is 14.7. The fourth-order valence-electron chi connectivity index (χ4n) is 2.29. The van der Waals surface area contributed by atoms with Crippen LogP contribution >= 0.6 is 0 Å². The molecular weight excluding hydrogens is 310 g/mol. The number of ether oxygens (including phenoxy) is 2. The predicted octanol–water partition coefficient (Wildman–Crippen LogP) is 2.76. The van der Waals surface area contributed by atoms with Gasteiger partial charge >= 0.3 is 0 Å². The lowest BCUT2D eigenvalue weighted by molar-refractivity contribution is -0.135. The first kappa shape index (κ1) is 17.8. The number of hydrogen-bond donors (Lipinski definition) is 0. The van der Waals surface area contributed by atoms with Gasteiger partial charge in [-0.15, -0.1) is 0 Å². The van der Waals surface area contributed by atoms with E-state index in [2.05, 4.69) is 10.1 Å². The van der Waals surface area contributed by atoms with Crippen LogP contribution in [0.4, 0.5) is 0 Å². The van der Waals surface area contributed by atoms with Gasteiger partial charge in [0.15, 0.2) is 11.5 Å². The fraction of sp³-hybridized carbons (Fsp3) is 0.471. The van der Waals surface area contributed by atoms with Crippen molar-refractivity contribution >= 4 is 5.91 Å². The fourth-order valence-corrected chi connectivity index (χ4v) is 2.29. The number of amides is 1. The lowest BCUT2D eigenvalue weighted by Crippen LogP contribution is -2.33. The predicted molar refractivity (Wildman–Crippen MR) is 88.8 cm³/mol. The topological polar surface area (TPSA) is 77.7 Å². The van der Waals surface area contributed by atoms with E-state index in [1.165, 1.54) is 0 Å². The first-order valence-electron chi connectivity index (χ1n) is 7.83. The maximum atomic E-state index is 12.1. The number of carbonyl (C=O) groups excluding carboxylic acids is 1. The summed E-state index contributed by atoms with van der Waals surface area (Å²) in [5.41, 5.74) is 0.751. The minimum absolute atomic E-state index is 0.0587. The highest BCUT2D eigenvalue weighted by Crippen LogP contribution is 2.31. The van der Waals surface area contributed by atoms with Crippen LogP contribution in [0, 0.1) is 5.92 Å². The molecule has 7 nitrogen and oxygen atoms in total. The summed E-state index contributed by atoms with van der Waals surface area (Å²) in [4.78, 5) is 18.2. The molecule has 0 fully saturated rings. The quantitative estimate of drug-likeness (QED) is 0.775. The standard InChI is InChI=1S/C17H23N3O4/c1-6-20(17(21)11(2)3)10-15-18-16(19-24-15)12-7-8-13(22-4)14(9-12)23-5/h7-9,11H,6,10H2,1-5H3. The lowest BCUT2D eigenvalue weighted by atomic mass is 10.2. The van der Waals surface area contributed by atoms with E-state index in [1.54, 1.807) is 31.3 Å². The van der Waals surface area contributed by atoms with Gasteiger partial charge in [0.2, 0.25) is 17.6 Å². The molecule has 0 aliphatic rings. The van der Waals surface area contributed by atoms with E-state index >= 15 is 0 Å². The molecular formula is C17H23N3O4. The van der Waals surface area contributed by atoms with Crippen LogP contribution in [0.2, 0.25) is 0 Å². The van der Waals surface area contributed by atoms with Crippen molar-refractivity contribution in [3.63, 3.8) is 0 Å². The van der Waals surface area contributed by atoms with Crippen molar-refractivity contribution in [2.45, 2.75) is 27.3 Å². The summed E-state index contributed by atoms with van der Waals surface area (Å²) < 4.78 is 15.8. The van der Waals surface area contributed by atoms with E-state index in [0.717, 1.165) is 5.56 Å². The van der Waals surface area contributed by atoms with Gasteiger partial charge in [-0.05, 0) is 25.1 Å². The number of aromatic nitrogens is 2. The summed E-state index contributed by atoms with van der Waals surface area (Å²) in [5, 5.41) is 3.99. The molecule has 1 heterocycles. The van der Waals surface area contributed by atoms with Crippen LogP contribution in [0.5, 0.6) is 11.5 Å². The zero-order valence-corrected chi connectivity index (χ0v) is 14.7. The molecule has 0 spiro atoms. The highest BCUT2D eigenvalue weighted by Gasteiger charge is 2.19. The summed E-state index contributed by atoms with van der Waals surface area (Å²) >= 11 is 0. The minimum atomic E-state index is -0.0711. The van der Waals surface area contributed by atoms with Gasteiger partial charge in [0, 0.05) is 18.0 Å². The SMILES string of the molecule is CCN(Cc1nc(-c2ccc(OC)c(OC)c2)no1)C(=O)C(C)C. The number of methoxy groups -OCH3 is 2. The Bertz CT molecular complexity index is 697. The number of carbonyl (C=O) groups is 1. The highest BCUT2D eigenvalue weighted by molar-refractivity contribution is 5.78. The van der Waals surface area contributed by atoms with Gasteiger partial charge < -0.3 is 18.9 Å². The van der Waals surface area contributed by atoms with Gasteiger partial charge in [0.05, 0.1) is 20.8 Å². The summed E-state index contributed by atoms with van der Waals surface area (Å²) in [6.45, 7) is 6.55. The molecule has 24 heavy (non-hydrogen) atoms. The Morgan fingerprint density at radius 3 is 2.54 bits per heavy atom. The molecule has 0 saturated carbocycles. The van der Waals surface area contributed by atoms with Gasteiger partial charge in [0.1, 0.15) is 0 Å². The van der Waals surface area contributed by atoms with Crippen molar-refractivity contribution < 1.29 is 18.8 Å². The zero-order chi connectivity index (χ0) is 17.7. The molecule has 1 aromatic carbocycles. The molecule has 1 amide bonds.